The van der Waals surface area contributed by atoms with Gasteiger partial charge < -0.3 is 14.8 Å². The van der Waals surface area contributed by atoms with Crippen LogP contribution < -0.4 is 5.32 Å². The number of nitrogens with one attached hydrogen (secondary N) is 1. The predicted octanol–water partition coefficient (Wildman–Crippen LogP) is 2.45. The highest BCUT2D eigenvalue weighted by atomic mass is 16.5. The summed E-state index contributed by atoms with van der Waals surface area (Å²) in [5, 5.41) is 3.55. The van der Waals surface area contributed by atoms with Gasteiger partial charge in [-0.05, 0) is 52.0 Å². The van der Waals surface area contributed by atoms with E-state index in [1.54, 1.807) is 0 Å². The summed E-state index contributed by atoms with van der Waals surface area (Å²) in [5.74, 6) is 2.12. The van der Waals surface area contributed by atoms with Gasteiger partial charge >= 0.3 is 0 Å². The van der Waals surface area contributed by atoms with Gasteiger partial charge in [0.15, 0.2) is 0 Å². The average molecular weight is 255 g/mol. The molecule has 2 heterocycles. The van der Waals surface area contributed by atoms with Crippen LogP contribution in [-0.4, -0.2) is 38.5 Å². The largest absolute Gasteiger partial charge is 0.381 e. The van der Waals surface area contributed by atoms with Gasteiger partial charge in [-0.1, -0.05) is 6.92 Å². The molecule has 0 amide bonds. The lowest BCUT2D eigenvalue weighted by atomic mass is 9.78. The Morgan fingerprint density at radius 2 is 1.78 bits per heavy atom. The third kappa shape index (κ3) is 3.06. The maximum absolute atomic E-state index is 5.99. The Morgan fingerprint density at radius 3 is 2.28 bits per heavy atom. The Balaban J connectivity index is 1.94. The lowest BCUT2D eigenvalue weighted by molar-refractivity contribution is 0.0402. The monoisotopic (exact) mass is 255 g/mol. The highest BCUT2D eigenvalue weighted by molar-refractivity contribution is 4.92. The van der Waals surface area contributed by atoms with Crippen LogP contribution in [0.5, 0.6) is 0 Å². The zero-order valence-corrected chi connectivity index (χ0v) is 12.3. The topological polar surface area (TPSA) is 30.5 Å². The maximum atomic E-state index is 5.99. The second-order valence-corrected chi connectivity index (χ2v) is 6.17. The van der Waals surface area contributed by atoms with E-state index in [9.17, 15) is 0 Å². The van der Waals surface area contributed by atoms with Gasteiger partial charge in [0, 0.05) is 25.2 Å². The number of hydrogen-bond donors (Lipinski definition) is 1. The summed E-state index contributed by atoms with van der Waals surface area (Å²) in [6.45, 7) is 8.68. The van der Waals surface area contributed by atoms with E-state index in [2.05, 4.69) is 33.1 Å². The molecular weight excluding hydrogens is 226 g/mol. The van der Waals surface area contributed by atoms with Gasteiger partial charge in [0.25, 0.3) is 0 Å². The van der Waals surface area contributed by atoms with E-state index in [1.165, 1.54) is 19.3 Å². The first-order valence-electron chi connectivity index (χ1n) is 7.54. The molecule has 2 aliphatic heterocycles. The molecule has 3 nitrogen and oxygen atoms in total. The molecule has 2 aliphatic rings. The molecule has 0 spiro atoms. The Hall–Kier alpha value is -0.120. The summed E-state index contributed by atoms with van der Waals surface area (Å²) in [6, 6.07) is 0.586. The van der Waals surface area contributed by atoms with Crippen molar-refractivity contribution in [2.24, 2.45) is 17.8 Å². The summed E-state index contributed by atoms with van der Waals surface area (Å²) in [4.78, 5) is 0. The van der Waals surface area contributed by atoms with Crippen LogP contribution in [0.3, 0.4) is 0 Å². The molecule has 2 fully saturated rings. The van der Waals surface area contributed by atoms with Crippen molar-refractivity contribution in [2.45, 2.75) is 58.3 Å². The molecule has 0 radical (unpaired) electrons. The minimum absolute atomic E-state index is 0.382. The molecule has 0 saturated carbocycles. The Kier molecular flexibility index (Phi) is 5.05. The van der Waals surface area contributed by atoms with Gasteiger partial charge in [-0.25, -0.2) is 0 Å². The van der Waals surface area contributed by atoms with Gasteiger partial charge in [-0.2, -0.15) is 0 Å². The number of hydrogen-bond acceptors (Lipinski definition) is 3. The first-order chi connectivity index (χ1) is 8.63. The fourth-order valence-electron chi connectivity index (χ4n) is 3.80. The van der Waals surface area contributed by atoms with E-state index >= 15 is 0 Å². The third-order valence-electron chi connectivity index (χ3n) is 5.08. The van der Waals surface area contributed by atoms with Gasteiger partial charge in [-0.15, -0.1) is 0 Å². The Labute approximate surface area is 112 Å². The molecule has 0 bridgehead atoms. The van der Waals surface area contributed by atoms with Crippen molar-refractivity contribution in [3.63, 3.8) is 0 Å². The molecule has 2 saturated heterocycles. The zero-order valence-electron chi connectivity index (χ0n) is 12.3. The zero-order chi connectivity index (χ0) is 13.1. The maximum Gasteiger partial charge on any atom is 0.0597 e. The minimum atomic E-state index is 0.382. The van der Waals surface area contributed by atoms with Crippen LogP contribution in [0.25, 0.3) is 0 Å². The fraction of sp³-hybridized carbons (Fsp3) is 1.00. The first-order valence-corrected chi connectivity index (χ1v) is 7.54. The standard InChI is InChI=1S/C15H29NO2/c1-10-11(2)18-12(3)15(10)14(16-4)9-13-5-7-17-8-6-13/h10-16H,5-9H2,1-4H3. The Bertz CT molecular complexity index is 253. The quantitative estimate of drug-likeness (QED) is 0.837. The van der Waals surface area contributed by atoms with Crippen molar-refractivity contribution in [1.29, 1.82) is 0 Å². The lowest BCUT2D eigenvalue weighted by Gasteiger charge is -2.33. The summed E-state index contributed by atoms with van der Waals surface area (Å²) in [7, 11) is 2.10. The smallest absolute Gasteiger partial charge is 0.0597 e. The molecule has 5 unspecified atom stereocenters. The third-order valence-corrected chi connectivity index (χ3v) is 5.08. The van der Waals surface area contributed by atoms with E-state index < -0.39 is 0 Å². The van der Waals surface area contributed by atoms with Gasteiger partial charge in [-0.3, -0.25) is 0 Å². The van der Waals surface area contributed by atoms with Crippen molar-refractivity contribution in [1.82, 2.24) is 5.32 Å². The van der Waals surface area contributed by atoms with Gasteiger partial charge in [0.05, 0.1) is 12.2 Å². The van der Waals surface area contributed by atoms with Crippen molar-refractivity contribution < 1.29 is 9.47 Å². The molecule has 0 aromatic carbocycles. The van der Waals surface area contributed by atoms with Gasteiger partial charge in [0.1, 0.15) is 0 Å². The second kappa shape index (κ2) is 6.36. The highest BCUT2D eigenvalue weighted by Crippen LogP contribution is 2.37. The van der Waals surface area contributed by atoms with Crippen LogP contribution in [-0.2, 0) is 9.47 Å². The van der Waals surface area contributed by atoms with E-state index in [0.29, 0.717) is 30.1 Å². The predicted molar refractivity (Wildman–Crippen MR) is 73.7 cm³/mol. The number of rotatable bonds is 4. The van der Waals surface area contributed by atoms with Crippen molar-refractivity contribution in [3.8, 4) is 0 Å². The van der Waals surface area contributed by atoms with Crippen molar-refractivity contribution in [3.05, 3.63) is 0 Å². The molecular formula is C15H29NO2. The van der Waals surface area contributed by atoms with Crippen molar-refractivity contribution >= 4 is 0 Å². The second-order valence-electron chi connectivity index (χ2n) is 6.17. The summed E-state index contributed by atoms with van der Waals surface area (Å²) < 4.78 is 11.4. The molecule has 5 atom stereocenters. The van der Waals surface area contributed by atoms with Gasteiger partial charge in [0.2, 0.25) is 0 Å². The average Bonchev–Trinajstić information content (AvgIpc) is 2.62. The molecule has 0 aromatic rings. The molecule has 0 aromatic heterocycles. The lowest BCUT2D eigenvalue weighted by Crippen LogP contribution is -2.42. The highest BCUT2D eigenvalue weighted by Gasteiger charge is 2.41. The summed E-state index contributed by atoms with van der Waals surface area (Å²) in [6.07, 6.45) is 4.51. The normalized spacial score (nSPS) is 40.0. The van der Waals surface area contributed by atoms with Crippen molar-refractivity contribution in [2.75, 3.05) is 20.3 Å². The van der Waals surface area contributed by atoms with E-state index in [4.69, 9.17) is 9.47 Å². The van der Waals surface area contributed by atoms with Crippen LogP contribution in [0.2, 0.25) is 0 Å². The van der Waals surface area contributed by atoms with E-state index in [1.807, 2.05) is 0 Å². The van der Waals surface area contributed by atoms with Crippen LogP contribution in [0.1, 0.15) is 40.0 Å². The Morgan fingerprint density at radius 1 is 1.11 bits per heavy atom. The number of ether oxygens (including phenoxy) is 2. The fourth-order valence-corrected chi connectivity index (χ4v) is 3.80. The van der Waals surface area contributed by atoms with E-state index in [-0.39, 0.29) is 0 Å². The molecule has 1 N–H and O–H groups in total. The molecule has 18 heavy (non-hydrogen) atoms. The molecule has 106 valence electrons. The molecule has 2 rings (SSSR count). The summed E-state index contributed by atoms with van der Waals surface area (Å²) >= 11 is 0. The van der Waals surface area contributed by atoms with Crippen LogP contribution >= 0.6 is 0 Å². The molecule has 0 aliphatic carbocycles. The first kappa shape index (κ1) is 14.3. The summed E-state index contributed by atoms with van der Waals surface area (Å²) in [5.41, 5.74) is 0. The van der Waals surface area contributed by atoms with Crippen LogP contribution in [0, 0.1) is 17.8 Å². The molecule has 3 heteroatoms. The van der Waals surface area contributed by atoms with E-state index in [0.717, 1.165) is 19.1 Å². The minimum Gasteiger partial charge on any atom is -0.381 e. The SMILES string of the molecule is CNC(CC1CCOCC1)C1C(C)OC(C)C1C. The van der Waals surface area contributed by atoms with Crippen LogP contribution in [0.4, 0.5) is 0 Å². The van der Waals surface area contributed by atoms with Crippen LogP contribution in [0.15, 0.2) is 0 Å².